The molecule has 6 nitrogen and oxygen atoms in total. The molecule has 0 spiro atoms. The van der Waals surface area contributed by atoms with Crippen LogP contribution in [0.3, 0.4) is 0 Å². The molecule has 7 heteroatoms. The number of nitrogens with zero attached hydrogens (tertiary/aromatic N) is 3. The van der Waals surface area contributed by atoms with Crippen LogP contribution in [0.25, 0.3) is 6.08 Å². The predicted octanol–water partition coefficient (Wildman–Crippen LogP) is 3.50. The largest absolute Gasteiger partial charge is 0.494 e. The monoisotopic (exact) mass is 371 g/mol. The van der Waals surface area contributed by atoms with E-state index in [0.717, 1.165) is 11.4 Å². The molecule has 136 valence electrons. The highest BCUT2D eigenvalue weighted by Gasteiger charge is 2.24. The molecule has 0 fully saturated rings. The van der Waals surface area contributed by atoms with E-state index in [1.165, 1.54) is 15.2 Å². The fourth-order valence-electron chi connectivity index (χ4n) is 2.99. The summed E-state index contributed by atoms with van der Waals surface area (Å²) in [6, 6.07) is 7.69. The van der Waals surface area contributed by atoms with Gasteiger partial charge in [0.05, 0.1) is 5.69 Å². The molecule has 0 unspecified atom stereocenters. The smallest absolute Gasteiger partial charge is 0.266 e. The van der Waals surface area contributed by atoms with Gasteiger partial charge in [0, 0.05) is 25.7 Å². The number of ether oxygens (including phenoxy) is 1. The van der Waals surface area contributed by atoms with Crippen molar-refractivity contribution in [3.05, 3.63) is 56.6 Å². The van der Waals surface area contributed by atoms with Crippen molar-refractivity contribution < 1.29 is 9.84 Å². The second kappa shape index (κ2) is 7.23. The highest BCUT2D eigenvalue weighted by Crippen LogP contribution is 2.37. The third-order valence-corrected chi connectivity index (χ3v) is 4.77. The summed E-state index contributed by atoms with van der Waals surface area (Å²) in [5, 5.41) is 10.5. The Hall–Kier alpha value is -2.76. The van der Waals surface area contributed by atoms with Crippen molar-refractivity contribution in [2.75, 3.05) is 11.4 Å². The number of aromatic hydroxyl groups is 1. The molecule has 1 aliphatic heterocycles. The lowest BCUT2D eigenvalue weighted by atomic mass is 10.3. The average molecular weight is 371 g/mol. The minimum atomic E-state index is -0.341. The van der Waals surface area contributed by atoms with Crippen molar-refractivity contribution in [2.45, 2.75) is 33.9 Å². The number of aromatic nitrogens is 2. The van der Waals surface area contributed by atoms with Gasteiger partial charge in [0.25, 0.3) is 5.56 Å². The summed E-state index contributed by atoms with van der Waals surface area (Å²) in [4.78, 5) is 14.6. The summed E-state index contributed by atoms with van der Waals surface area (Å²) >= 11 is 5.29. The van der Waals surface area contributed by atoms with Gasteiger partial charge in [-0.25, -0.2) is 0 Å². The topological polar surface area (TPSA) is 59.6 Å². The number of para-hydroxylation sites is 2. The van der Waals surface area contributed by atoms with E-state index in [9.17, 15) is 9.90 Å². The van der Waals surface area contributed by atoms with Crippen LogP contribution in [0.2, 0.25) is 0 Å². The fraction of sp³-hybridized carbons (Fsp3) is 0.316. The molecule has 1 aromatic carbocycles. The summed E-state index contributed by atoms with van der Waals surface area (Å²) in [6.45, 7) is 7.30. The lowest BCUT2D eigenvalue weighted by molar-refractivity contribution is 0.399. The molecule has 0 atom stereocenters. The molecular formula is C19H21N3O3S. The Morgan fingerprint density at radius 1 is 1.15 bits per heavy atom. The lowest BCUT2D eigenvalue weighted by Gasteiger charge is -2.14. The molecule has 26 heavy (non-hydrogen) atoms. The van der Waals surface area contributed by atoms with Gasteiger partial charge in [-0.05, 0) is 45.1 Å². The van der Waals surface area contributed by atoms with Gasteiger partial charge in [-0.2, -0.15) is 0 Å². The van der Waals surface area contributed by atoms with Crippen LogP contribution in [-0.4, -0.2) is 20.8 Å². The number of anilines is 1. The molecule has 0 saturated carbocycles. The maximum atomic E-state index is 12.7. The van der Waals surface area contributed by atoms with Crippen molar-refractivity contribution >= 4 is 24.0 Å². The van der Waals surface area contributed by atoms with E-state index < -0.39 is 0 Å². The average Bonchev–Trinajstić information content (AvgIpc) is 2.99. The second-order valence-electron chi connectivity index (χ2n) is 5.72. The molecule has 1 N–H and O–H groups in total. The fourth-order valence-corrected chi connectivity index (χ4v) is 3.42. The maximum Gasteiger partial charge on any atom is 0.266 e. The summed E-state index contributed by atoms with van der Waals surface area (Å²) in [5.74, 6) is 1.07. The zero-order valence-electron chi connectivity index (χ0n) is 15.0. The molecule has 0 aliphatic carbocycles. The van der Waals surface area contributed by atoms with Gasteiger partial charge in [-0.15, -0.1) is 0 Å². The van der Waals surface area contributed by atoms with Crippen molar-refractivity contribution in [2.24, 2.45) is 0 Å². The molecule has 0 amide bonds. The Balaban J connectivity index is 2.17. The maximum absolute atomic E-state index is 12.7. The van der Waals surface area contributed by atoms with Gasteiger partial charge in [0.15, 0.2) is 10.5 Å². The SMILES string of the molecule is CCN1C(=C=Cc2c(O)n(CC)c(=S)n(CC)c2=O)Oc2ccccc21. The van der Waals surface area contributed by atoms with Crippen molar-refractivity contribution in [3.63, 3.8) is 0 Å². The Kier molecular flexibility index (Phi) is 5.02. The van der Waals surface area contributed by atoms with E-state index in [1.54, 1.807) is 0 Å². The van der Waals surface area contributed by atoms with E-state index in [2.05, 4.69) is 5.73 Å². The summed E-state index contributed by atoms with van der Waals surface area (Å²) in [6.07, 6.45) is 1.47. The minimum Gasteiger partial charge on any atom is -0.494 e. The first kappa shape index (κ1) is 18.0. The van der Waals surface area contributed by atoms with E-state index in [1.807, 2.05) is 49.9 Å². The van der Waals surface area contributed by atoms with Crippen LogP contribution < -0.4 is 15.2 Å². The molecule has 0 saturated heterocycles. The first-order chi connectivity index (χ1) is 12.5. The van der Waals surface area contributed by atoms with Gasteiger partial charge >= 0.3 is 0 Å². The van der Waals surface area contributed by atoms with Crippen molar-refractivity contribution in [1.29, 1.82) is 0 Å². The third kappa shape index (κ3) is 2.85. The number of fused-ring (bicyclic) bond motifs is 1. The van der Waals surface area contributed by atoms with Crippen molar-refractivity contribution in [1.82, 2.24) is 9.13 Å². The normalized spacial score (nSPS) is 12.6. The van der Waals surface area contributed by atoms with Gasteiger partial charge in [0.1, 0.15) is 5.56 Å². The molecule has 2 heterocycles. The first-order valence-corrected chi connectivity index (χ1v) is 9.01. The zero-order valence-corrected chi connectivity index (χ0v) is 15.8. The van der Waals surface area contributed by atoms with Gasteiger partial charge in [-0.3, -0.25) is 13.9 Å². The van der Waals surface area contributed by atoms with Crippen LogP contribution in [-0.2, 0) is 13.1 Å². The summed E-state index contributed by atoms with van der Waals surface area (Å²) in [7, 11) is 0. The molecular weight excluding hydrogens is 350 g/mol. The van der Waals surface area contributed by atoms with E-state index in [-0.39, 0.29) is 17.0 Å². The molecule has 3 rings (SSSR count). The Labute approximate surface area is 156 Å². The van der Waals surface area contributed by atoms with Gasteiger partial charge in [-0.1, -0.05) is 17.9 Å². The van der Waals surface area contributed by atoms with Gasteiger partial charge < -0.3 is 14.7 Å². The molecule has 0 bridgehead atoms. The second-order valence-corrected chi connectivity index (χ2v) is 6.09. The molecule has 0 radical (unpaired) electrons. The highest BCUT2D eigenvalue weighted by atomic mass is 32.1. The lowest BCUT2D eigenvalue weighted by Crippen LogP contribution is -2.26. The quantitative estimate of drug-likeness (QED) is 0.658. The van der Waals surface area contributed by atoms with Crippen LogP contribution in [0.15, 0.2) is 40.7 Å². The Morgan fingerprint density at radius 2 is 1.85 bits per heavy atom. The number of hydrogen-bond acceptors (Lipinski definition) is 5. The van der Waals surface area contributed by atoms with Crippen LogP contribution in [0.5, 0.6) is 11.6 Å². The highest BCUT2D eigenvalue weighted by molar-refractivity contribution is 7.71. The standard InChI is InChI=1S/C19H21N3O3S/c1-4-20-14-9-7-8-10-15(14)25-16(20)12-11-13-17(23)21(5-2)19(26)22(6-3)18(13)24/h7-11,23H,4-6H2,1-3H3. The van der Waals surface area contributed by atoms with Crippen LogP contribution in [0, 0.1) is 4.77 Å². The number of rotatable bonds is 4. The minimum absolute atomic E-state index is 0.144. The summed E-state index contributed by atoms with van der Waals surface area (Å²) < 4.78 is 9.12. The number of hydrogen-bond donors (Lipinski definition) is 1. The summed E-state index contributed by atoms with van der Waals surface area (Å²) in [5.41, 5.74) is 3.78. The van der Waals surface area contributed by atoms with Crippen LogP contribution in [0.1, 0.15) is 26.3 Å². The Bertz CT molecular complexity index is 1030. The van der Waals surface area contributed by atoms with E-state index in [0.29, 0.717) is 30.3 Å². The van der Waals surface area contributed by atoms with Crippen molar-refractivity contribution in [3.8, 4) is 11.6 Å². The first-order valence-electron chi connectivity index (χ1n) is 8.61. The number of benzene rings is 1. The van der Waals surface area contributed by atoms with Gasteiger partial charge in [0.2, 0.25) is 11.8 Å². The molecule has 1 aromatic heterocycles. The predicted molar refractivity (Wildman–Crippen MR) is 104 cm³/mol. The van der Waals surface area contributed by atoms with Crippen LogP contribution >= 0.6 is 12.2 Å². The molecule has 2 aromatic rings. The Morgan fingerprint density at radius 3 is 2.50 bits per heavy atom. The van der Waals surface area contributed by atoms with E-state index in [4.69, 9.17) is 17.0 Å². The van der Waals surface area contributed by atoms with Crippen LogP contribution in [0.4, 0.5) is 5.69 Å². The zero-order chi connectivity index (χ0) is 18.8. The third-order valence-electron chi connectivity index (χ3n) is 4.33. The van der Waals surface area contributed by atoms with E-state index >= 15 is 0 Å². The molecule has 1 aliphatic rings.